The summed E-state index contributed by atoms with van der Waals surface area (Å²) in [5.74, 6) is 0. The number of nitrogens with one attached hydrogen (secondary N) is 3. The van der Waals surface area contributed by atoms with Crippen LogP contribution in [0.3, 0.4) is 0 Å². The summed E-state index contributed by atoms with van der Waals surface area (Å²) in [5.41, 5.74) is 3.88. The van der Waals surface area contributed by atoms with E-state index in [1.165, 1.54) is 0 Å². The van der Waals surface area contributed by atoms with Crippen LogP contribution in [0.4, 0.5) is 0 Å². The summed E-state index contributed by atoms with van der Waals surface area (Å²) >= 11 is 5.18. The molecule has 5 nitrogen and oxygen atoms in total. The monoisotopic (exact) mass is 307 g/mol. The van der Waals surface area contributed by atoms with Gasteiger partial charge in [-0.3, -0.25) is 5.43 Å². The van der Waals surface area contributed by atoms with E-state index in [1.54, 1.807) is 11.1 Å². The van der Waals surface area contributed by atoms with Crippen LogP contribution in [0.1, 0.15) is 12.0 Å². The molecule has 1 saturated heterocycles. The molecule has 1 aliphatic rings. The third kappa shape index (κ3) is 6.66. The molecule has 0 amide bonds. The number of hydrogen-bond donors (Lipinski definition) is 3. The van der Waals surface area contributed by atoms with Crippen LogP contribution in [0.5, 0.6) is 0 Å². The van der Waals surface area contributed by atoms with Crippen molar-refractivity contribution in [2.45, 2.75) is 6.42 Å². The van der Waals surface area contributed by atoms with E-state index in [0.29, 0.717) is 5.11 Å². The van der Waals surface area contributed by atoms with E-state index in [-0.39, 0.29) is 0 Å². The maximum Gasteiger partial charge on any atom is 0.186 e. The van der Waals surface area contributed by atoms with Crippen molar-refractivity contribution in [3.8, 4) is 0 Å². The van der Waals surface area contributed by atoms with Crippen LogP contribution in [0.15, 0.2) is 35.4 Å². The average molecular weight is 307 g/mol. The second kappa shape index (κ2) is 9.44. The third-order valence-corrected chi connectivity index (χ3v) is 3.61. The first-order chi connectivity index (χ1) is 10.3. The number of thiocarbonyl (C=S) groups is 1. The standard InChI is InChI=1S/C15H22N4OS/c21-15(18-17-13-14-5-2-1-3-6-14)16-7-4-8-19-9-11-20-12-10-19/h1-3,5-6,13H,4,7-12H2,(H2,16,18,21)/p+1/b17-13-. The second-order valence-corrected chi connectivity index (χ2v) is 5.41. The first kappa shape index (κ1) is 15.9. The molecule has 3 N–H and O–H groups in total. The maximum atomic E-state index is 5.34. The molecule has 0 saturated carbocycles. The predicted octanol–water partition coefficient (Wildman–Crippen LogP) is -0.210. The van der Waals surface area contributed by atoms with Crippen molar-refractivity contribution < 1.29 is 9.64 Å². The molecule has 1 fully saturated rings. The van der Waals surface area contributed by atoms with E-state index in [0.717, 1.165) is 51.4 Å². The molecule has 2 rings (SSSR count). The van der Waals surface area contributed by atoms with Gasteiger partial charge < -0.3 is 15.0 Å². The molecule has 0 spiro atoms. The highest BCUT2D eigenvalue weighted by Gasteiger charge is 2.12. The van der Waals surface area contributed by atoms with Gasteiger partial charge in [0, 0.05) is 13.0 Å². The highest BCUT2D eigenvalue weighted by Crippen LogP contribution is 1.92. The number of ether oxygens (including phenoxy) is 1. The zero-order chi connectivity index (χ0) is 14.8. The summed E-state index contributed by atoms with van der Waals surface area (Å²) in [7, 11) is 0. The SMILES string of the molecule is S=C(NCCC[NH+]1CCOCC1)N/N=C\c1ccccc1. The number of nitrogens with zero attached hydrogens (tertiary/aromatic N) is 1. The minimum Gasteiger partial charge on any atom is -0.370 e. The summed E-state index contributed by atoms with van der Waals surface area (Å²) in [4.78, 5) is 1.61. The molecule has 21 heavy (non-hydrogen) atoms. The van der Waals surface area contributed by atoms with Gasteiger partial charge >= 0.3 is 0 Å². The fraction of sp³-hybridized carbons (Fsp3) is 0.467. The predicted molar refractivity (Wildman–Crippen MR) is 88.8 cm³/mol. The van der Waals surface area contributed by atoms with E-state index in [4.69, 9.17) is 17.0 Å². The number of hydrogen-bond acceptors (Lipinski definition) is 3. The zero-order valence-corrected chi connectivity index (χ0v) is 13.0. The molecule has 114 valence electrons. The van der Waals surface area contributed by atoms with Crippen LogP contribution in [0.25, 0.3) is 0 Å². The number of hydrazone groups is 1. The van der Waals surface area contributed by atoms with Crippen molar-refractivity contribution in [1.29, 1.82) is 0 Å². The van der Waals surface area contributed by atoms with Gasteiger partial charge in [0.05, 0.1) is 26.0 Å². The Bertz CT molecular complexity index is 446. The van der Waals surface area contributed by atoms with Crippen LogP contribution in [0.2, 0.25) is 0 Å². The van der Waals surface area contributed by atoms with Crippen molar-refractivity contribution in [1.82, 2.24) is 10.7 Å². The Morgan fingerprint density at radius 3 is 2.81 bits per heavy atom. The summed E-state index contributed by atoms with van der Waals surface area (Å²) < 4.78 is 5.34. The van der Waals surface area contributed by atoms with Crippen LogP contribution < -0.4 is 15.6 Å². The van der Waals surface area contributed by atoms with Crippen molar-refractivity contribution in [2.75, 3.05) is 39.4 Å². The molecule has 0 aliphatic carbocycles. The fourth-order valence-electron chi connectivity index (χ4n) is 2.19. The summed E-state index contributed by atoms with van der Waals surface area (Å²) in [6, 6.07) is 9.92. The lowest BCUT2D eigenvalue weighted by Gasteiger charge is -2.23. The Morgan fingerprint density at radius 2 is 2.05 bits per heavy atom. The Kier molecular flexibility index (Phi) is 7.14. The molecule has 0 radical (unpaired) electrons. The summed E-state index contributed by atoms with van der Waals surface area (Å²) in [6.45, 7) is 6.03. The smallest absolute Gasteiger partial charge is 0.186 e. The summed E-state index contributed by atoms with van der Waals surface area (Å²) in [5, 5.41) is 7.85. The van der Waals surface area contributed by atoms with Gasteiger partial charge in [0.2, 0.25) is 0 Å². The van der Waals surface area contributed by atoms with Crippen molar-refractivity contribution >= 4 is 23.5 Å². The lowest BCUT2D eigenvalue weighted by atomic mass is 10.2. The molecular formula is C15H23N4OS+. The lowest BCUT2D eigenvalue weighted by Crippen LogP contribution is -3.14. The topological polar surface area (TPSA) is 50.1 Å². The molecule has 6 heteroatoms. The maximum absolute atomic E-state index is 5.34. The number of benzene rings is 1. The Balaban J connectivity index is 1.54. The zero-order valence-electron chi connectivity index (χ0n) is 12.2. The average Bonchev–Trinajstić information content (AvgIpc) is 2.54. The van der Waals surface area contributed by atoms with Crippen molar-refractivity contribution in [3.05, 3.63) is 35.9 Å². The van der Waals surface area contributed by atoms with Gasteiger partial charge in [-0.1, -0.05) is 30.3 Å². The minimum atomic E-state index is 0.569. The number of quaternary nitrogens is 1. The van der Waals surface area contributed by atoms with Gasteiger partial charge in [0.25, 0.3) is 0 Å². The fourth-order valence-corrected chi connectivity index (χ4v) is 2.35. The van der Waals surface area contributed by atoms with Crippen molar-refractivity contribution in [2.24, 2.45) is 5.10 Å². The van der Waals surface area contributed by atoms with Crippen LogP contribution in [0, 0.1) is 0 Å². The van der Waals surface area contributed by atoms with E-state index in [1.807, 2.05) is 30.3 Å². The van der Waals surface area contributed by atoms with Gasteiger partial charge in [0.1, 0.15) is 13.1 Å². The third-order valence-electron chi connectivity index (χ3n) is 3.37. The highest BCUT2D eigenvalue weighted by atomic mass is 32.1. The molecule has 1 heterocycles. The van der Waals surface area contributed by atoms with Gasteiger partial charge in [-0.15, -0.1) is 0 Å². The minimum absolute atomic E-state index is 0.569. The molecule has 0 aromatic heterocycles. The van der Waals surface area contributed by atoms with Crippen LogP contribution in [-0.4, -0.2) is 50.7 Å². The van der Waals surface area contributed by atoms with E-state index >= 15 is 0 Å². The quantitative estimate of drug-likeness (QED) is 0.295. The molecule has 1 aromatic rings. The largest absolute Gasteiger partial charge is 0.370 e. The first-order valence-electron chi connectivity index (χ1n) is 7.38. The van der Waals surface area contributed by atoms with Gasteiger partial charge in [0.15, 0.2) is 5.11 Å². The van der Waals surface area contributed by atoms with Crippen molar-refractivity contribution in [3.63, 3.8) is 0 Å². The lowest BCUT2D eigenvalue weighted by molar-refractivity contribution is -0.908. The first-order valence-corrected chi connectivity index (χ1v) is 7.79. The molecule has 0 unspecified atom stereocenters. The summed E-state index contributed by atoms with van der Waals surface area (Å²) in [6.07, 6.45) is 2.85. The van der Waals surface area contributed by atoms with Gasteiger partial charge in [-0.05, 0) is 17.8 Å². The van der Waals surface area contributed by atoms with Gasteiger partial charge in [-0.2, -0.15) is 5.10 Å². The number of morpholine rings is 1. The Hall–Kier alpha value is -1.50. The molecule has 0 atom stereocenters. The molecular weight excluding hydrogens is 284 g/mol. The Labute approximate surface area is 131 Å². The molecule has 1 aliphatic heterocycles. The second-order valence-electron chi connectivity index (χ2n) is 5.00. The normalized spacial score (nSPS) is 16.0. The Morgan fingerprint density at radius 1 is 1.29 bits per heavy atom. The van der Waals surface area contributed by atoms with Crippen LogP contribution in [-0.2, 0) is 4.74 Å². The van der Waals surface area contributed by atoms with Crippen LogP contribution >= 0.6 is 12.2 Å². The van der Waals surface area contributed by atoms with Gasteiger partial charge in [-0.25, -0.2) is 0 Å². The molecule has 0 bridgehead atoms. The van der Waals surface area contributed by atoms with E-state index in [2.05, 4.69) is 15.8 Å². The number of rotatable bonds is 6. The van der Waals surface area contributed by atoms with E-state index in [9.17, 15) is 0 Å². The molecule has 1 aromatic carbocycles. The highest BCUT2D eigenvalue weighted by molar-refractivity contribution is 7.80. The van der Waals surface area contributed by atoms with E-state index < -0.39 is 0 Å².